The van der Waals surface area contributed by atoms with Crippen LogP contribution in [0.1, 0.15) is 20.3 Å². The fraction of sp³-hybridized carbons (Fsp3) is 1.00. The molecule has 0 radical (unpaired) electrons. The van der Waals surface area contributed by atoms with Crippen LogP contribution in [-0.2, 0) is 20.8 Å². The standard InChI is InChI=1S/C4H10N.2ClH.Zr/c1-3-4(2)5;;;/h4-5H,3H2,1-2H3;2*1H;/q-1;;;+2/p-2. The topological polar surface area (TPSA) is 23.8 Å². The van der Waals surface area contributed by atoms with Crippen LogP contribution in [0.3, 0.4) is 0 Å². The summed E-state index contributed by atoms with van der Waals surface area (Å²) in [6, 6.07) is 0.134. The van der Waals surface area contributed by atoms with E-state index in [0.29, 0.717) is 0 Å². The molecule has 0 aromatic rings. The van der Waals surface area contributed by atoms with E-state index in [0.717, 1.165) is 6.42 Å². The summed E-state index contributed by atoms with van der Waals surface area (Å²) in [5.41, 5.74) is 6.83. The van der Waals surface area contributed by atoms with Gasteiger partial charge in [-0.15, -0.1) is 6.04 Å². The number of hydrogen-bond donors (Lipinski definition) is 0. The van der Waals surface area contributed by atoms with E-state index in [1.807, 2.05) is 13.8 Å². The quantitative estimate of drug-likeness (QED) is 0.665. The van der Waals surface area contributed by atoms with Gasteiger partial charge in [0.15, 0.2) is 0 Å². The van der Waals surface area contributed by atoms with Gasteiger partial charge < -0.3 is 5.73 Å². The number of nitrogens with one attached hydrogen (secondary N) is 1. The second kappa shape index (κ2) is 11.3. The molecule has 0 saturated carbocycles. The van der Waals surface area contributed by atoms with Crippen LogP contribution in [0.15, 0.2) is 0 Å². The third-order valence-electron chi connectivity index (χ3n) is 0.612. The molecular formula is C4H10Cl2NZr-. The van der Waals surface area contributed by atoms with Gasteiger partial charge in [0.05, 0.1) is 0 Å². The van der Waals surface area contributed by atoms with Crippen molar-refractivity contribution in [2.24, 2.45) is 0 Å². The molecule has 0 spiro atoms. The Labute approximate surface area is 69.6 Å². The summed E-state index contributed by atoms with van der Waals surface area (Å²) in [5.74, 6) is 0. The minimum absolute atomic E-state index is 0.134. The Morgan fingerprint density at radius 1 is 1.62 bits per heavy atom. The molecule has 0 aliphatic carbocycles. The number of rotatable bonds is 1. The SMILES string of the molecule is CCC(C)[NH-].[Cl][Zr][Cl]. The van der Waals surface area contributed by atoms with Gasteiger partial charge in [-0.1, -0.05) is 20.3 Å². The third-order valence-corrected chi connectivity index (χ3v) is 0.612. The zero-order valence-corrected chi connectivity index (χ0v) is 9.01. The predicted molar refractivity (Wildman–Crippen MR) is 35.8 cm³/mol. The van der Waals surface area contributed by atoms with Gasteiger partial charge in [0.1, 0.15) is 0 Å². The van der Waals surface area contributed by atoms with E-state index in [9.17, 15) is 0 Å². The molecule has 8 heavy (non-hydrogen) atoms. The first-order valence-corrected chi connectivity index (χ1v) is 8.69. The molecular weight excluding hydrogens is 224 g/mol. The summed E-state index contributed by atoms with van der Waals surface area (Å²) in [4.78, 5) is 0. The van der Waals surface area contributed by atoms with Crippen LogP contribution in [-0.4, -0.2) is 6.04 Å². The van der Waals surface area contributed by atoms with Crippen LogP contribution in [0.4, 0.5) is 0 Å². The molecule has 0 fully saturated rings. The molecule has 1 nitrogen and oxygen atoms in total. The van der Waals surface area contributed by atoms with Crippen LogP contribution in [0.5, 0.6) is 0 Å². The number of halogens is 2. The molecule has 50 valence electrons. The Kier molecular flexibility index (Phi) is 17.1. The molecule has 0 rings (SSSR count). The van der Waals surface area contributed by atoms with E-state index in [-0.39, 0.29) is 6.04 Å². The monoisotopic (exact) mass is 232 g/mol. The van der Waals surface area contributed by atoms with E-state index in [2.05, 4.69) is 0 Å². The van der Waals surface area contributed by atoms with E-state index in [4.69, 9.17) is 22.8 Å². The van der Waals surface area contributed by atoms with Crippen molar-refractivity contribution >= 4 is 17.0 Å². The molecule has 0 bridgehead atoms. The van der Waals surface area contributed by atoms with E-state index in [1.165, 1.54) is 0 Å². The minimum atomic E-state index is -0.826. The van der Waals surface area contributed by atoms with Crippen molar-refractivity contribution < 1.29 is 20.8 Å². The van der Waals surface area contributed by atoms with Gasteiger partial charge in [0, 0.05) is 0 Å². The van der Waals surface area contributed by atoms with Gasteiger partial charge in [-0.05, 0) is 0 Å². The molecule has 0 saturated heterocycles. The van der Waals surface area contributed by atoms with E-state index < -0.39 is 20.8 Å². The van der Waals surface area contributed by atoms with Crippen molar-refractivity contribution in [1.29, 1.82) is 0 Å². The molecule has 0 heterocycles. The van der Waals surface area contributed by atoms with Gasteiger partial charge in [0.25, 0.3) is 0 Å². The van der Waals surface area contributed by atoms with Crippen LogP contribution in [0, 0.1) is 0 Å². The van der Waals surface area contributed by atoms with Crippen molar-refractivity contribution in [3.63, 3.8) is 0 Å². The van der Waals surface area contributed by atoms with Crippen molar-refractivity contribution in [2.45, 2.75) is 26.3 Å². The fourth-order valence-corrected chi connectivity index (χ4v) is 0. The van der Waals surface area contributed by atoms with Crippen LogP contribution < -0.4 is 0 Å². The molecule has 0 aliphatic rings. The second-order valence-electron chi connectivity index (χ2n) is 1.38. The predicted octanol–water partition coefficient (Wildman–Crippen LogP) is 3.21. The second-order valence-corrected chi connectivity index (χ2v) is 5.11. The van der Waals surface area contributed by atoms with Gasteiger partial charge in [-0.25, -0.2) is 0 Å². The first-order chi connectivity index (χ1) is 3.68. The molecule has 4 heteroatoms. The zero-order valence-electron chi connectivity index (χ0n) is 5.04. The van der Waals surface area contributed by atoms with Crippen molar-refractivity contribution in [3.05, 3.63) is 5.73 Å². The van der Waals surface area contributed by atoms with Crippen LogP contribution in [0.25, 0.3) is 5.73 Å². The van der Waals surface area contributed by atoms with E-state index in [1.54, 1.807) is 0 Å². The molecule has 1 atom stereocenters. The molecule has 0 aromatic heterocycles. The van der Waals surface area contributed by atoms with Crippen molar-refractivity contribution in [3.8, 4) is 0 Å². The molecule has 0 aliphatic heterocycles. The summed E-state index contributed by atoms with van der Waals surface area (Å²) in [6.45, 7) is 3.90. The first-order valence-electron chi connectivity index (χ1n) is 2.36. The maximum absolute atomic E-state index is 6.83. The van der Waals surface area contributed by atoms with Gasteiger partial charge >= 0.3 is 37.9 Å². The third kappa shape index (κ3) is 26.1. The number of hydrogen-bond acceptors (Lipinski definition) is 0. The summed E-state index contributed by atoms with van der Waals surface area (Å²) in [5, 5.41) is 0. The van der Waals surface area contributed by atoms with E-state index >= 15 is 0 Å². The molecule has 0 aromatic carbocycles. The first kappa shape index (κ1) is 12.1. The average molecular weight is 234 g/mol. The van der Waals surface area contributed by atoms with Gasteiger partial charge in [-0.2, -0.15) is 0 Å². The van der Waals surface area contributed by atoms with Crippen LogP contribution in [0.2, 0.25) is 0 Å². The Bertz CT molecular complexity index is 35.2. The zero-order chi connectivity index (χ0) is 6.99. The normalized spacial score (nSPS) is 11.1. The summed E-state index contributed by atoms with van der Waals surface area (Å²) >= 11 is -0.826. The average Bonchev–Trinajstić information content (AvgIpc) is 1.69. The van der Waals surface area contributed by atoms with Gasteiger partial charge in [0.2, 0.25) is 0 Å². The Hall–Kier alpha value is 1.42. The fourth-order valence-electron chi connectivity index (χ4n) is 0. The summed E-state index contributed by atoms with van der Waals surface area (Å²) < 4.78 is 0. The van der Waals surface area contributed by atoms with Gasteiger partial charge in [-0.3, -0.25) is 0 Å². The summed E-state index contributed by atoms with van der Waals surface area (Å²) in [7, 11) is 9.87. The molecule has 1 unspecified atom stereocenters. The van der Waals surface area contributed by atoms with Crippen molar-refractivity contribution in [1.82, 2.24) is 0 Å². The Balaban J connectivity index is 0. The maximum atomic E-state index is 6.83. The Morgan fingerprint density at radius 3 is 1.75 bits per heavy atom. The van der Waals surface area contributed by atoms with Crippen LogP contribution >= 0.6 is 17.0 Å². The van der Waals surface area contributed by atoms with Crippen molar-refractivity contribution in [2.75, 3.05) is 0 Å². The molecule has 0 amide bonds. The molecule has 1 N–H and O–H groups in total. The summed E-state index contributed by atoms with van der Waals surface area (Å²) in [6.07, 6.45) is 0.972. The Morgan fingerprint density at radius 2 is 1.75 bits per heavy atom.